The number of amides is 1. The molecule has 21 heavy (non-hydrogen) atoms. The van der Waals surface area contributed by atoms with E-state index in [9.17, 15) is 4.79 Å². The summed E-state index contributed by atoms with van der Waals surface area (Å²) in [7, 11) is 3.42. The number of nitrogens with zero attached hydrogens (tertiary/aromatic N) is 1. The number of benzene rings is 1. The molecule has 0 bridgehead atoms. The van der Waals surface area contributed by atoms with Crippen molar-refractivity contribution in [2.24, 2.45) is 0 Å². The second-order valence-corrected chi connectivity index (χ2v) is 5.84. The number of likely N-dealkylation sites (N-methyl/N-ethyl adjacent to an activating group) is 1. The van der Waals surface area contributed by atoms with Crippen molar-refractivity contribution in [2.75, 3.05) is 33.9 Å². The molecule has 1 aliphatic heterocycles. The molecule has 2 rings (SSSR count). The summed E-state index contributed by atoms with van der Waals surface area (Å²) in [5.41, 5.74) is 0.594. The van der Waals surface area contributed by atoms with Crippen LogP contribution >= 0.6 is 15.9 Å². The molecule has 0 saturated carbocycles. The lowest BCUT2D eigenvalue weighted by Gasteiger charge is -2.24. The van der Waals surface area contributed by atoms with E-state index in [-0.39, 0.29) is 11.9 Å². The Morgan fingerprint density at radius 1 is 1.52 bits per heavy atom. The van der Waals surface area contributed by atoms with Crippen molar-refractivity contribution < 1.29 is 14.3 Å². The number of ether oxygens (including phenoxy) is 2. The van der Waals surface area contributed by atoms with Gasteiger partial charge in [0, 0.05) is 25.2 Å². The third kappa shape index (κ3) is 3.49. The molecule has 1 fully saturated rings. The van der Waals surface area contributed by atoms with E-state index in [1.807, 2.05) is 14.0 Å². The first kappa shape index (κ1) is 16.1. The van der Waals surface area contributed by atoms with Gasteiger partial charge in [-0.25, -0.2) is 0 Å². The summed E-state index contributed by atoms with van der Waals surface area (Å²) in [6, 6.07) is 3.76. The summed E-state index contributed by atoms with van der Waals surface area (Å²) in [5.74, 6) is 1.18. The third-order valence-corrected chi connectivity index (χ3v) is 4.26. The normalized spacial score (nSPS) is 17.6. The number of carbonyl (C=O) groups excluding carboxylic acids is 1. The number of nitrogens with one attached hydrogen (secondary N) is 1. The zero-order chi connectivity index (χ0) is 15.4. The summed E-state index contributed by atoms with van der Waals surface area (Å²) >= 11 is 3.45. The smallest absolute Gasteiger partial charge is 0.254 e. The molecule has 1 unspecified atom stereocenters. The van der Waals surface area contributed by atoms with Crippen LogP contribution in [0.25, 0.3) is 0 Å². The Kier molecular flexibility index (Phi) is 5.47. The topological polar surface area (TPSA) is 50.8 Å². The number of carbonyl (C=O) groups is 1. The lowest BCUT2D eigenvalue weighted by atomic mass is 10.1. The number of methoxy groups -OCH3 is 1. The second kappa shape index (κ2) is 7.13. The summed E-state index contributed by atoms with van der Waals surface area (Å²) in [4.78, 5) is 14.4. The zero-order valence-electron chi connectivity index (χ0n) is 12.6. The quantitative estimate of drug-likeness (QED) is 0.879. The fraction of sp³-hybridized carbons (Fsp3) is 0.533. The van der Waals surface area contributed by atoms with Gasteiger partial charge >= 0.3 is 0 Å². The minimum absolute atomic E-state index is 0.00857. The lowest BCUT2D eigenvalue weighted by molar-refractivity contribution is 0.0743. The standard InChI is InChI=1S/C15H21BrN2O3/c1-4-21-14-12(16)7-10(8-13(14)20-3)15(19)18(2)11-5-6-17-9-11/h7-8,11,17H,4-6,9H2,1-3H3. The van der Waals surface area contributed by atoms with Gasteiger partial charge in [0.2, 0.25) is 0 Å². The Balaban J connectivity index is 2.26. The molecule has 0 aliphatic carbocycles. The van der Waals surface area contributed by atoms with Crippen LogP contribution in [0.3, 0.4) is 0 Å². The average molecular weight is 357 g/mol. The van der Waals surface area contributed by atoms with Crippen LogP contribution in [0.1, 0.15) is 23.7 Å². The van der Waals surface area contributed by atoms with Crippen molar-refractivity contribution in [3.05, 3.63) is 22.2 Å². The van der Waals surface area contributed by atoms with Crippen molar-refractivity contribution in [2.45, 2.75) is 19.4 Å². The van der Waals surface area contributed by atoms with Crippen LogP contribution in [0.2, 0.25) is 0 Å². The maximum atomic E-state index is 12.6. The maximum absolute atomic E-state index is 12.6. The first-order valence-electron chi connectivity index (χ1n) is 7.06. The highest BCUT2D eigenvalue weighted by atomic mass is 79.9. The van der Waals surface area contributed by atoms with Gasteiger partial charge in [-0.1, -0.05) is 0 Å². The fourth-order valence-corrected chi connectivity index (χ4v) is 3.02. The second-order valence-electron chi connectivity index (χ2n) is 4.99. The van der Waals surface area contributed by atoms with Crippen molar-refractivity contribution in [3.8, 4) is 11.5 Å². The molecule has 6 heteroatoms. The van der Waals surface area contributed by atoms with Gasteiger partial charge in [-0.3, -0.25) is 4.79 Å². The van der Waals surface area contributed by atoms with Crippen LogP contribution in [0.5, 0.6) is 11.5 Å². The summed E-state index contributed by atoms with van der Waals surface area (Å²) in [6.07, 6.45) is 0.984. The van der Waals surface area contributed by atoms with E-state index >= 15 is 0 Å². The first-order valence-corrected chi connectivity index (χ1v) is 7.86. The Morgan fingerprint density at radius 2 is 2.29 bits per heavy atom. The van der Waals surface area contributed by atoms with Gasteiger partial charge in [0.05, 0.1) is 18.2 Å². The minimum Gasteiger partial charge on any atom is -0.493 e. The van der Waals surface area contributed by atoms with E-state index in [0.717, 1.165) is 24.0 Å². The predicted molar refractivity (Wildman–Crippen MR) is 85.2 cm³/mol. The lowest BCUT2D eigenvalue weighted by Crippen LogP contribution is -2.38. The molecule has 1 atom stereocenters. The highest BCUT2D eigenvalue weighted by molar-refractivity contribution is 9.10. The Bertz CT molecular complexity index is 516. The first-order chi connectivity index (χ1) is 10.1. The molecule has 1 aromatic carbocycles. The van der Waals surface area contributed by atoms with Gasteiger partial charge in [-0.15, -0.1) is 0 Å². The minimum atomic E-state index is -0.00857. The van der Waals surface area contributed by atoms with Crippen LogP contribution in [-0.2, 0) is 0 Å². The van der Waals surface area contributed by atoms with Gasteiger partial charge in [-0.05, 0) is 48.0 Å². The zero-order valence-corrected chi connectivity index (χ0v) is 14.2. The van der Waals surface area contributed by atoms with E-state index in [4.69, 9.17) is 9.47 Å². The predicted octanol–water partition coefficient (Wildman–Crippen LogP) is 2.29. The number of rotatable bonds is 5. The SMILES string of the molecule is CCOc1c(Br)cc(C(=O)N(C)C2CCNC2)cc1OC. The van der Waals surface area contributed by atoms with Gasteiger partial charge in [-0.2, -0.15) is 0 Å². The van der Waals surface area contributed by atoms with E-state index in [1.54, 1.807) is 24.1 Å². The van der Waals surface area contributed by atoms with Gasteiger partial charge < -0.3 is 19.7 Å². The Morgan fingerprint density at radius 3 is 2.86 bits per heavy atom. The highest BCUT2D eigenvalue weighted by Crippen LogP contribution is 2.37. The maximum Gasteiger partial charge on any atom is 0.254 e. The summed E-state index contributed by atoms with van der Waals surface area (Å²) in [5, 5.41) is 3.27. The van der Waals surface area contributed by atoms with Gasteiger partial charge in [0.1, 0.15) is 0 Å². The van der Waals surface area contributed by atoms with E-state index in [0.29, 0.717) is 23.7 Å². The Hall–Kier alpha value is -1.27. The van der Waals surface area contributed by atoms with E-state index in [2.05, 4.69) is 21.2 Å². The molecule has 1 aromatic rings. The molecule has 0 spiro atoms. The van der Waals surface area contributed by atoms with Crippen LogP contribution in [0.15, 0.2) is 16.6 Å². The molecular formula is C15H21BrN2O3. The number of halogens is 1. The Labute approximate surface area is 133 Å². The number of hydrogen-bond donors (Lipinski definition) is 1. The third-order valence-electron chi connectivity index (χ3n) is 3.67. The molecule has 1 N–H and O–H groups in total. The summed E-state index contributed by atoms with van der Waals surface area (Å²) in [6.45, 7) is 4.25. The van der Waals surface area contributed by atoms with Crippen molar-refractivity contribution in [3.63, 3.8) is 0 Å². The molecule has 116 valence electrons. The largest absolute Gasteiger partial charge is 0.493 e. The van der Waals surface area contributed by atoms with Crippen molar-refractivity contribution >= 4 is 21.8 Å². The van der Waals surface area contributed by atoms with Crippen LogP contribution in [-0.4, -0.2) is 50.7 Å². The molecule has 1 saturated heterocycles. The monoisotopic (exact) mass is 356 g/mol. The van der Waals surface area contributed by atoms with Crippen molar-refractivity contribution in [1.29, 1.82) is 0 Å². The van der Waals surface area contributed by atoms with Gasteiger partial charge in [0.15, 0.2) is 11.5 Å². The van der Waals surface area contributed by atoms with E-state index < -0.39 is 0 Å². The molecule has 1 heterocycles. The summed E-state index contributed by atoms with van der Waals surface area (Å²) < 4.78 is 11.6. The van der Waals surface area contributed by atoms with E-state index in [1.165, 1.54) is 0 Å². The van der Waals surface area contributed by atoms with Crippen LogP contribution in [0.4, 0.5) is 0 Å². The number of hydrogen-bond acceptors (Lipinski definition) is 4. The molecule has 0 aromatic heterocycles. The molecule has 1 amide bonds. The van der Waals surface area contributed by atoms with Crippen LogP contribution in [0, 0.1) is 0 Å². The molecule has 0 radical (unpaired) electrons. The molecule has 1 aliphatic rings. The van der Waals surface area contributed by atoms with Crippen molar-refractivity contribution in [1.82, 2.24) is 10.2 Å². The highest BCUT2D eigenvalue weighted by Gasteiger charge is 2.25. The molecular weight excluding hydrogens is 336 g/mol. The average Bonchev–Trinajstić information content (AvgIpc) is 3.01. The van der Waals surface area contributed by atoms with Gasteiger partial charge in [0.25, 0.3) is 5.91 Å². The van der Waals surface area contributed by atoms with Crippen LogP contribution < -0.4 is 14.8 Å². The fourth-order valence-electron chi connectivity index (χ4n) is 2.47. The molecule has 5 nitrogen and oxygen atoms in total.